The van der Waals surface area contributed by atoms with E-state index in [9.17, 15) is 9.18 Å². The maximum absolute atomic E-state index is 13.4. The third-order valence-electron chi connectivity index (χ3n) is 4.72. The molecule has 1 amide bonds. The van der Waals surface area contributed by atoms with Gasteiger partial charge < -0.3 is 15.0 Å². The zero-order valence-electron chi connectivity index (χ0n) is 15.0. The predicted octanol–water partition coefficient (Wildman–Crippen LogP) is 3.77. The first-order valence-corrected chi connectivity index (χ1v) is 8.91. The molecule has 1 N–H and O–H groups in total. The number of aryl methyl sites for hydroxylation is 1. The first-order chi connectivity index (χ1) is 13.1. The van der Waals surface area contributed by atoms with Crippen molar-refractivity contribution in [3.05, 3.63) is 65.6 Å². The van der Waals surface area contributed by atoms with Crippen LogP contribution >= 0.6 is 0 Å². The van der Waals surface area contributed by atoms with E-state index in [1.54, 1.807) is 19.1 Å². The van der Waals surface area contributed by atoms with E-state index in [0.717, 1.165) is 43.1 Å². The van der Waals surface area contributed by atoms with Crippen molar-refractivity contribution >= 4 is 28.2 Å². The lowest BCUT2D eigenvalue weighted by molar-refractivity contribution is 0.102. The summed E-state index contributed by atoms with van der Waals surface area (Å²) in [5.74, 6) is -0.572. The Bertz CT molecular complexity index is 983. The van der Waals surface area contributed by atoms with E-state index >= 15 is 0 Å². The number of aromatic nitrogens is 1. The Kier molecular flexibility index (Phi) is 4.73. The van der Waals surface area contributed by atoms with Crippen molar-refractivity contribution < 1.29 is 13.9 Å². The van der Waals surface area contributed by atoms with Crippen molar-refractivity contribution in [3.63, 3.8) is 0 Å². The van der Waals surface area contributed by atoms with Crippen LogP contribution in [0.2, 0.25) is 0 Å². The van der Waals surface area contributed by atoms with Crippen LogP contribution in [0, 0.1) is 12.7 Å². The molecule has 2 heterocycles. The molecular formula is C21H20FN3O2. The first kappa shape index (κ1) is 17.4. The summed E-state index contributed by atoms with van der Waals surface area (Å²) in [6, 6.07) is 13.9. The Morgan fingerprint density at radius 2 is 1.85 bits per heavy atom. The van der Waals surface area contributed by atoms with E-state index in [1.165, 1.54) is 12.1 Å². The number of anilines is 2. The molecule has 1 fully saturated rings. The van der Waals surface area contributed by atoms with E-state index in [0.29, 0.717) is 16.8 Å². The van der Waals surface area contributed by atoms with Gasteiger partial charge in [-0.15, -0.1) is 0 Å². The average Bonchev–Trinajstić information content (AvgIpc) is 2.68. The van der Waals surface area contributed by atoms with Gasteiger partial charge in [0.25, 0.3) is 5.91 Å². The minimum absolute atomic E-state index is 0.231. The number of hydrogen-bond acceptors (Lipinski definition) is 4. The maximum atomic E-state index is 13.4. The molecule has 0 bridgehead atoms. The van der Waals surface area contributed by atoms with Crippen molar-refractivity contribution in [2.24, 2.45) is 0 Å². The van der Waals surface area contributed by atoms with Gasteiger partial charge in [0, 0.05) is 35.9 Å². The lowest BCUT2D eigenvalue weighted by Crippen LogP contribution is -2.36. The van der Waals surface area contributed by atoms with Crippen LogP contribution in [0.15, 0.2) is 48.5 Å². The fraction of sp³-hybridized carbons (Fsp3) is 0.238. The number of rotatable bonds is 3. The number of morpholine rings is 1. The number of amides is 1. The zero-order chi connectivity index (χ0) is 18.8. The summed E-state index contributed by atoms with van der Waals surface area (Å²) in [4.78, 5) is 19.3. The van der Waals surface area contributed by atoms with Gasteiger partial charge in [0.05, 0.1) is 30.0 Å². The van der Waals surface area contributed by atoms with Crippen LogP contribution in [0.4, 0.5) is 15.8 Å². The van der Waals surface area contributed by atoms with Crippen LogP contribution in [0.25, 0.3) is 10.9 Å². The van der Waals surface area contributed by atoms with Crippen LogP contribution in [0.1, 0.15) is 16.1 Å². The second kappa shape index (κ2) is 7.32. The Morgan fingerprint density at radius 3 is 2.59 bits per heavy atom. The van der Waals surface area contributed by atoms with Crippen molar-refractivity contribution in [1.29, 1.82) is 0 Å². The lowest BCUT2D eigenvalue weighted by Gasteiger charge is -2.28. The minimum Gasteiger partial charge on any atom is -0.378 e. The fourth-order valence-electron chi connectivity index (χ4n) is 3.24. The second-order valence-corrected chi connectivity index (χ2v) is 6.56. The Labute approximate surface area is 156 Å². The fourth-order valence-corrected chi connectivity index (χ4v) is 3.24. The van der Waals surface area contributed by atoms with Gasteiger partial charge in [-0.05, 0) is 49.4 Å². The SMILES string of the molecule is Cc1nc2cc(F)ccc2cc1C(=O)Nc1ccc(N2CCOCC2)cc1. The van der Waals surface area contributed by atoms with Gasteiger partial charge in [-0.1, -0.05) is 0 Å². The molecule has 0 atom stereocenters. The summed E-state index contributed by atoms with van der Waals surface area (Å²) in [5, 5.41) is 3.64. The summed E-state index contributed by atoms with van der Waals surface area (Å²) in [6.45, 7) is 4.95. The Balaban J connectivity index is 1.52. The maximum Gasteiger partial charge on any atom is 0.257 e. The predicted molar refractivity (Wildman–Crippen MR) is 104 cm³/mol. The molecule has 27 heavy (non-hydrogen) atoms. The first-order valence-electron chi connectivity index (χ1n) is 8.91. The van der Waals surface area contributed by atoms with Gasteiger partial charge in [0.1, 0.15) is 5.82 Å². The second-order valence-electron chi connectivity index (χ2n) is 6.56. The van der Waals surface area contributed by atoms with Crippen molar-refractivity contribution in [2.45, 2.75) is 6.92 Å². The molecule has 5 nitrogen and oxygen atoms in total. The molecule has 6 heteroatoms. The summed E-state index contributed by atoms with van der Waals surface area (Å²) in [6.07, 6.45) is 0. The summed E-state index contributed by atoms with van der Waals surface area (Å²) in [5.41, 5.74) is 3.42. The molecule has 1 aliphatic rings. The summed E-state index contributed by atoms with van der Waals surface area (Å²) >= 11 is 0. The number of carbonyl (C=O) groups is 1. The van der Waals surface area contributed by atoms with Crippen molar-refractivity contribution in [1.82, 2.24) is 4.98 Å². The summed E-state index contributed by atoms with van der Waals surface area (Å²) in [7, 11) is 0. The van der Waals surface area contributed by atoms with E-state index < -0.39 is 0 Å². The number of nitrogens with one attached hydrogen (secondary N) is 1. The highest BCUT2D eigenvalue weighted by Gasteiger charge is 2.14. The molecule has 0 aliphatic carbocycles. The molecule has 1 aromatic heterocycles. The number of ether oxygens (including phenoxy) is 1. The van der Waals surface area contributed by atoms with Crippen LogP contribution in [0.5, 0.6) is 0 Å². The van der Waals surface area contributed by atoms with Crippen LogP contribution in [-0.2, 0) is 4.74 Å². The molecule has 0 unspecified atom stereocenters. The third-order valence-corrected chi connectivity index (χ3v) is 4.72. The van der Waals surface area contributed by atoms with E-state index in [4.69, 9.17) is 4.74 Å². The molecule has 0 saturated carbocycles. The van der Waals surface area contributed by atoms with Gasteiger partial charge >= 0.3 is 0 Å². The number of fused-ring (bicyclic) bond motifs is 1. The van der Waals surface area contributed by atoms with Gasteiger partial charge in [-0.25, -0.2) is 4.39 Å². The van der Waals surface area contributed by atoms with Crippen LogP contribution < -0.4 is 10.2 Å². The van der Waals surface area contributed by atoms with E-state index in [-0.39, 0.29) is 11.7 Å². The van der Waals surface area contributed by atoms with E-state index in [1.807, 2.05) is 24.3 Å². The molecule has 3 aromatic rings. The number of pyridine rings is 1. The highest BCUT2D eigenvalue weighted by molar-refractivity contribution is 6.06. The largest absolute Gasteiger partial charge is 0.378 e. The van der Waals surface area contributed by atoms with Crippen molar-refractivity contribution in [2.75, 3.05) is 36.5 Å². The monoisotopic (exact) mass is 365 g/mol. The number of hydrogen-bond donors (Lipinski definition) is 1. The Morgan fingerprint density at radius 1 is 1.11 bits per heavy atom. The highest BCUT2D eigenvalue weighted by atomic mass is 19.1. The molecule has 4 rings (SSSR count). The number of halogens is 1. The molecule has 1 saturated heterocycles. The number of benzene rings is 2. The summed E-state index contributed by atoms with van der Waals surface area (Å²) < 4.78 is 18.7. The molecule has 0 radical (unpaired) electrons. The van der Waals surface area contributed by atoms with Gasteiger partial charge in [-0.2, -0.15) is 0 Å². The highest BCUT2D eigenvalue weighted by Crippen LogP contribution is 2.21. The van der Waals surface area contributed by atoms with Crippen molar-refractivity contribution in [3.8, 4) is 0 Å². The van der Waals surface area contributed by atoms with E-state index in [2.05, 4.69) is 15.2 Å². The Hall–Kier alpha value is -2.99. The lowest BCUT2D eigenvalue weighted by atomic mass is 10.1. The standard InChI is InChI=1S/C21H20FN3O2/c1-14-19(12-15-2-3-16(22)13-20(15)23-14)21(26)24-17-4-6-18(7-5-17)25-8-10-27-11-9-25/h2-7,12-13H,8-11H2,1H3,(H,24,26). The molecule has 0 spiro atoms. The van der Waals surface area contributed by atoms with Crippen LogP contribution in [-0.4, -0.2) is 37.2 Å². The molecular weight excluding hydrogens is 345 g/mol. The molecule has 138 valence electrons. The average molecular weight is 365 g/mol. The smallest absolute Gasteiger partial charge is 0.257 e. The third kappa shape index (κ3) is 3.75. The van der Waals surface area contributed by atoms with Gasteiger partial charge in [0.2, 0.25) is 0 Å². The zero-order valence-corrected chi connectivity index (χ0v) is 15.0. The van der Waals surface area contributed by atoms with Crippen LogP contribution in [0.3, 0.4) is 0 Å². The normalized spacial score (nSPS) is 14.4. The quantitative estimate of drug-likeness (QED) is 0.768. The topological polar surface area (TPSA) is 54.5 Å². The minimum atomic E-state index is -0.341. The molecule has 2 aromatic carbocycles. The van der Waals surface area contributed by atoms with Gasteiger partial charge in [-0.3, -0.25) is 9.78 Å². The van der Waals surface area contributed by atoms with Gasteiger partial charge in [0.15, 0.2) is 0 Å². The molecule has 1 aliphatic heterocycles. The number of carbonyl (C=O) groups excluding carboxylic acids is 1. The number of nitrogens with zero attached hydrogens (tertiary/aromatic N) is 2.